The van der Waals surface area contributed by atoms with Crippen molar-refractivity contribution in [2.75, 3.05) is 13.2 Å². The van der Waals surface area contributed by atoms with Crippen LogP contribution < -0.4 is 81.4 Å². The van der Waals surface area contributed by atoms with Crippen LogP contribution in [0.2, 0.25) is 0 Å². The van der Waals surface area contributed by atoms with E-state index in [4.69, 9.17) is 22.9 Å². The molecule has 0 spiro atoms. The number of aliphatic carboxylic acids is 6. The maximum Gasteiger partial charge on any atom is 0.305 e. The zero-order chi connectivity index (χ0) is 70.2. The molecule has 0 aromatic rings. The van der Waals surface area contributed by atoms with E-state index in [1.165, 1.54) is 0 Å². The number of carboxylic acid groups (broad SMARTS) is 6. The Bertz CT molecular complexity index is 2800. The van der Waals surface area contributed by atoms with Crippen LogP contribution in [-0.4, -0.2) is 239 Å². The highest BCUT2D eigenvalue weighted by Gasteiger charge is 2.38. The van der Waals surface area contributed by atoms with Crippen LogP contribution >= 0.6 is 0 Å². The predicted octanol–water partition coefficient (Wildman–Crippen LogP) is -12.6. The molecule has 43 heteroatoms. The van der Waals surface area contributed by atoms with Crippen molar-refractivity contribution >= 4 is 119 Å². The third kappa shape index (κ3) is 32.4. The van der Waals surface area contributed by atoms with Crippen molar-refractivity contribution < 1.29 is 137 Å². The number of primary amides is 3. The van der Waals surface area contributed by atoms with Crippen molar-refractivity contribution in [3.8, 4) is 0 Å². The van der Waals surface area contributed by atoms with Crippen LogP contribution in [0.1, 0.15) is 84.0 Å². The summed E-state index contributed by atoms with van der Waals surface area (Å²) in [6.45, 7) is 1.55. The first-order chi connectivity index (χ1) is 42.2. The van der Waals surface area contributed by atoms with E-state index in [9.17, 15) is 137 Å². The Labute approximate surface area is 511 Å². The van der Waals surface area contributed by atoms with E-state index in [0.717, 1.165) is 6.92 Å². The number of amides is 14. The van der Waals surface area contributed by atoms with Crippen molar-refractivity contribution in [3.63, 3.8) is 0 Å². The van der Waals surface area contributed by atoms with Crippen molar-refractivity contribution in [3.05, 3.63) is 12.3 Å². The maximum absolute atomic E-state index is 13.7. The number of carbonyl (C=O) groups excluding carboxylic acids is 14. The van der Waals surface area contributed by atoms with Crippen LogP contribution in [0.3, 0.4) is 0 Å². The second-order valence-electron chi connectivity index (χ2n) is 19.4. The van der Waals surface area contributed by atoms with Gasteiger partial charge in [-0.25, -0.2) is 0 Å². The van der Waals surface area contributed by atoms with Crippen molar-refractivity contribution in [1.82, 2.24) is 58.5 Å². The van der Waals surface area contributed by atoms with Crippen LogP contribution in [-0.2, 0) is 95.9 Å². The molecule has 0 rings (SSSR count). The predicted molar refractivity (Wildman–Crippen MR) is 293 cm³/mol. The summed E-state index contributed by atoms with van der Waals surface area (Å²) in [5, 5.41) is 98.2. The molecule has 0 heterocycles. The number of nitrogens with two attached hydrogens (primary N) is 4. The average molecular weight is 1310 g/mol. The van der Waals surface area contributed by atoms with Crippen LogP contribution in [0, 0.1) is 0 Å². The molecule has 0 radical (unpaired) electrons. The third-order valence-electron chi connectivity index (χ3n) is 11.8. The fourth-order valence-corrected chi connectivity index (χ4v) is 7.42. The number of aliphatic hydroxyl groups is 2. The molecule has 11 atom stereocenters. The number of nitrogens with one attached hydrogen (secondary N) is 11. The zero-order valence-electron chi connectivity index (χ0n) is 48.0. The number of carbonyl (C=O) groups is 20. The summed E-state index contributed by atoms with van der Waals surface area (Å²) in [5.41, 5.74) is 20.9. The van der Waals surface area contributed by atoms with E-state index in [1.807, 2.05) is 53.2 Å². The minimum Gasteiger partial charge on any atom is -0.481 e. The second kappa shape index (κ2) is 39.6. The summed E-state index contributed by atoms with van der Waals surface area (Å²) in [7, 11) is 0. The van der Waals surface area contributed by atoms with E-state index in [-0.39, 0.29) is 5.70 Å². The summed E-state index contributed by atoms with van der Waals surface area (Å²) in [6, 6.07) is -23.1. The van der Waals surface area contributed by atoms with Crippen molar-refractivity contribution in [2.24, 2.45) is 22.9 Å². The van der Waals surface area contributed by atoms with Gasteiger partial charge < -0.3 is 122 Å². The number of aliphatic hydroxyl groups excluding tert-OH is 2. The van der Waals surface area contributed by atoms with Gasteiger partial charge in [0, 0.05) is 38.3 Å². The molecule has 0 aliphatic rings. The SMILES string of the molecule is C=C(N)CC(NC(C)=O)C(=O)N[C@H](CC(=O)O)C(=O)NC(CO)C(=O)N[C@H](CCC(=O)O)C(=O)NC(CC(=O)O)C(=O)N[C@H](CC(N)=O)C(=O)NC(CO)C(=O)N[C@H](CC(=O)O)C(=O)NC(CCC(=O)O)C(=O)N[C@H](CCC(=O)O)C(=O)NC(CC(N)=O)C(N)=O. The van der Waals surface area contributed by atoms with Gasteiger partial charge in [0.2, 0.25) is 82.7 Å². The largest absolute Gasteiger partial charge is 0.481 e. The molecule has 0 fully saturated rings. The molecule has 0 aromatic heterocycles. The molecule has 0 saturated carbocycles. The quantitative estimate of drug-likeness (QED) is 0.0269. The molecule has 0 aliphatic carbocycles. The molecule has 0 bridgehead atoms. The molecule has 91 heavy (non-hydrogen) atoms. The number of carboxylic acids is 6. The Hall–Kier alpha value is -11.1. The van der Waals surface area contributed by atoms with Gasteiger partial charge in [-0.3, -0.25) is 95.9 Å². The van der Waals surface area contributed by atoms with Gasteiger partial charge in [-0.15, -0.1) is 0 Å². The Balaban J connectivity index is 6.84. The summed E-state index contributed by atoms with van der Waals surface area (Å²) < 4.78 is 0. The van der Waals surface area contributed by atoms with Crippen molar-refractivity contribution in [1.29, 1.82) is 0 Å². The van der Waals surface area contributed by atoms with Gasteiger partial charge in [0.1, 0.15) is 66.5 Å². The first-order valence-corrected chi connectivity index (χ1v) is 26.3. The summed E-state index contributed by atoms with van der Waals surface area (Å²) in [4.78, 5) is 252. The number of rotatable bonds is 45. The molecule has 0 saturated heterocycles. The molecule has 27 N–H and O–H groups in total. The Morgan fingerprint density at radius 3 is 0.725 bits per heavy atom. The normalized spacial score (nSPS) is 14.3. The fraction of sp³-hybridized carbons (Fsp3) is 0.542. The molecular formula is C48H71N15O28. The standard InChI is InChI=1S/C48H71N15O28/c1-17(49)9-23(53-18(2)66)42(85)60-27(14-37(79)80)46(89)63-28(15-64)47(90)56-21(5-8-34(73)74)41(84)59-26(13-36(77)78)45(88)58-24(11-31(51)68)43(86)62-29(16-65)48(91)61-25(12-35(75)76)44(87)55-19(3-6-32(69)70)39(82)54-20(4-7-33(71)72)40(83)57-22(38(52)81)10-30(50)67/h19-29,64-65H,1,3-16,49H2,2H3,(H2,50,67)(H2,51,68)(H2,52,81)(H,53,66)(H,54,82)(H,55,87)(H,56,90)(H,57,83)(H,58,88)(H,59,84)(H,60,85)(H,61,91)(H,62,86)(H,63,89)(H,69,70)(H,71,72)(H,73,74)(H,75,76)(H,77,78)(H,79,80)/t19?,20-,21-,22?,23?,24-,25-,26?,27-,28?,29?/m1/s1. The summed E-state index contributed by atoms with van der Waals surface area (Å²) in [5.74, 6) is -30.2. The summed E-state index contributed by atoms with van der Waals surface area (Å²) in [6.07, 6.45) is -11.9. The fourth-order valence-electron chi connectivity index (χ4n) is 7.42. The van der Waals surface area contributed by atoms with Gasteiger partial charge >= 0.3 is 35.8 Å². The zero-order valence-corrected chi connectivity index (χ0v) is 48.0. The van der Waals surface area contributed by atoms with Crippen molar-refractivity contribution in [2.45, 2.75) is 150 Å². The Morgan fingerprint density at radius 1 is 0.297 bits per heavy atom. The van der Waals surface area contributed by atoms with Gasteiger partial charge in [-0.2, -0.15) is 0 Å². The molecule has 0 aromatic carbocycles. The smallest absolute Gasteiger partial charge is 0.305 e. The first-order valence-electron chi connectivity index (χ1n) is 26.3. The van der Waals surface area contributed by atoms with E-state index in [0.29, 0.717) is 0 Å². The van der Waals surface area contributed by atoms with Crippen LogP contribution in [0.4, 0.5) is 0 Å². The lowest BCUT2D eigenvalue weighted by atomic mass is 10.1. The maximum atomic E-state index is 13.7. The minimum absolute atomic E-state index is 0.139. The van der Waals surface area contributed by atoms with Gasteiger partial charge in [-0.1, -0.05) is 6.58 Å². The lowest BCUT2D eigenvalue weighted by Crippen LogP contribution is -2.62. The molecule has 0 aliphatic heterocycles. The summed E-state index contributed by atoms with van der Waals surface area (Å²) >= 11 is 0. The second-order valence-corrected chi connectivity index (χ2v) is 19.4. The first kappa shape index (κ1) is 79.9. The minimum atomic E-state index is -2.38. The van der Waals surface area contributed by atoms with E-state index < -0.39 is 275 Å². The van der Waals surface area contributed by atoms with Gasteiger partial charge in [0.15, 0.2) is 0 Å². The van der Waals surface area contributed by atoms with Gasteiger partial charge in [0.25, 0.3) is 0 Å². The molecule has 43 nitrogen and oxygen atoms in total. The molecule has 506 valence electrons. The van der Waals surface area contributed by atoms with E-state index >= 15 is 0 Å². The highest BCUT2D eigenvalue weighted by atomic mass is 16.4. The molecule has 6 unspecified atom stereocenters. The van der Waals surface area contributed by atoms with E-state index in [2.05, 4.69) is 11.9 Å². The van der Waals surface area contributed by atoms with E-state index in [1.54, 1.807) is 0 Å². The third-order valence-corrected chi connectivity index (χ3v) is 11.8. The Kier molecular flexibility index (Phi) is 34.8. The topological polar surface area (TPSA) is 740 Å². The lowest BCUT2D eigenvalue weighted by Gasteiger charge is -2.27. The van der Waals surface area contributed by atoms with Gasteiger partial charge in [-0.05, 0) is 19.3 Å². The highest BCUT2D eigenvalue weighted by Crippen LogP contribution is 2.09. The van der Waals surface area contributed by atoms with Crippen LogP contribution in [0.5, 0.6) is 0 Å². The number of hydrogen-bond donors (Lipinski definition) is 23. The van der Waals surface area contributed by atoms with Crippen LogP contribution in [0.25, 0.3) is 0 Å². The van der Waals surface area contributed by atoms with Gasteiger partial charge in [0.05, 0.1) is 45.3 Å². The molecular weight excluding hydrogens is 1230 g/mol. The molecule has 14 amide bonds. The number of hydrogen-bond acceptors (Lipinski definition) is 23. The average Bonchev–Trinajstić information content (AvgIpc) is 1.22. The monoisotopic (exact) mass is 1310 g/mol. The lowest BCUT2D eigenvalue weighted by molar-refractivity contribution is -0.143. The highest BCUT2D eigenvalue weighted by molar-refractivity contribution is 6.02. The Morgan fingerprint density at radius 2 is 0.505 bits per heavy atom. The van der Waals surface area contributed by atoms with Crippen LogP contribution in [0.15, 0.2) is 12.3 Å².